The predicted octanol–water partition coefficient (Wildman–Crippen LogP) is 7.54. The van der Waals surface area contributed by atoms with E-state index in [0.717, 1.165) is 23.3 Å². The van der Waals surface area contributed by atoms with Crippen LogP contribution in [0.5, 0.6) is 23.0 Å². The van der Waals surface area contributed by atoms with E-state index in [2.05, 4.69) is 40.2 Å². The van der Waals surface area contributed by atoms with Crippen molar-refractivity contribution in [2.24, 2.45) is 30.7 Å². The molecule has 20 nitrogen and oxygen atoms in total. The van der Waals surface area contributed by atoms with Crippen LogP contribution in [0.3, 0.4) is 0 Å². The number of phenols is 2. The van der Waals surface area contributed by atoms with Crippen LogP contribution in [0.1, 0.15) is 34.0 Å². The van der Waals surface area contributed by atoms with Gasteiger partial charge in [-0.1, -0.05) is 0 Å². The second kappa shape index (κ2) is 17.4. The van der Waals surface area contributed by atoms with Crippen LogP contribution in [-0.2, 0) is 29.2 Å². The molecule has 0 aliphatic heterocycles. The maximum Gasteiger partial charge on any atom is 0.397 e. The molecule has 22 heteroatoms. The molecule has 1 amide bonds. The first kappa shape index (κ1) is 42.4. The van der Waals surface area contributed by atoms with Gasteiger partial charge in [-0.2, -0.15) is 13.5 Å². The Kier molecular flexibility index (Phi) is 13.2. The summed E-state index contributed by atoms with van der Waals surface area (Å²) in [4.78, 5) is 23.9. The summed E-state index contributed by atoms with van der Waals surface area (Å²) < 4.78 is 70.8. The van der Waals surface area contributed by atoms with Crippen molar-refractivity contribution in [2.75, 3.05) is 31.9 Å². The molecule has 0 aliphatic carbocycles. The van der Waals surface area contributed by atoms with Gasteiger partial charge in [-0.15, -0.1) is 25.6 Å². The molecule has 296 valence electrons. The molecule has 0 spiro atoms. The molecule has 0 fully saturated rings. The number of anilines is 1. The fourth-order valence-corrected chi connectivity index (χ4v) is 6.64. The maximum absolute atomic E-state index is 12.9. The highest BCUT2D eigenvalue weighted by Gasteiger charge is 2.24. The van der Waals surface area contributed by atoms with E-state index in [0.29, 0.717) is 5.75 Å². The summed E-state index contributed by atoms with van der Waals surface area (Å²) in [5, 5.41) is 58.3. The Hall–Kier alpha value is -6.36. The van der Waals surface area contributed by atoms with Crippen molar-refractivity contribution < 1.29 is 60.0 Å². The van der Waals surface area contributed by atoms with Gasteiger partial charge >= 0.3 is 16.4 Å². The van der Waals surface area contributed by atoms with Crippen LogP contribution in [-0.4, -0.2) is 75.2 Å². The summed E-state index contributed by atoms with van der Waals surface area (Å²) in [7, 11) is -6.28. The van der Waals surface area contributed by atoms with Crippen LogP contribution in [0.25, 0.3) is 0 Å². The minimum Gasteiger partial charge on any atom is -0.505 e. The van der Waals surface area contributed by atoms with E-state index in [4.69, 9.17) is 14.0 Å². The molecule has 0 unspecified atom stereocenters. The molecule has 5 N–H and O–H groups in total. The summed E-state index contributed by atoms with van der Waals surface area (Å²) in [6.45, 7) is 5.54. The fraction of sp³-hybridized carbons (Fsp3) is 0.235. The number of azo groups is 3. The minimum atomic E-state index is -4.85. The molecule has 0 heterocycles. The maximum atomic E-state index is 12.9. The number of carbonyl (C=O) groups excluding carboxylic acids is 1. The molecule has 0 aromatic heterocycles. The quantitative estimate of drug-likeness (QED) is 0.0573. The number of amides is 1. The zero-order valence-electron chi connectivity index (χ0n) is 30.5. The van der Waals surface area contributed by atoms with E-state index in [1.54, 1.807) is 12.1 Å². The number of carboxylic acid groups (broad SMARTS) is 1. The van der Waals surface area contributed by atoms with Gasteiger partial charge in [0.05, 0.1) is 48.4 Å². The van der Waals surface area contributed by atoms with Gasteiger partial charge in [0, 0.05) is 13.0 Å². The smallest absolute Gasteiger partial charge is 0.397 e. The van der Waals surface area contributed by atoms with Gasteiger partial charge in [0.1, 0.15) is 40.0 Å². The average Bonchev–Trinajstić information content (AvgIpc) is 3.10. The zero-order valence-corrected chi connectivity index (χ0v) is 32.1. The van der Waals surface area contributed by atoms with Gasteiger partial charge in [-0.05, 0) is 79.9 Å². The summed E-state index contributed by atoms with van der Waals surface area (Å²) in [5.41, 5.74) is 0.863. The third-order valence-corrected chi connectivity index (χ3v) is 10.0. The summed E-state index contributed by atoms with van der Waals surface area (Å²) >= 11 is 0. The Balaban J connectivity index is 1.69. The van der Waals surface area contributed by atoms with Crippen molar-refractivity contribution in [3.63, 3.8) is 0 Å². The summed E-state index contributed by atoms with van der Waals surface area (Å²) in [6.07, 6.45) is 0. The van der Waals surface area contributed by atoms with Crippen molar-refractivity contribution in [2.45, 2.75) is 32.6 Å². The number of aromatic hydroxyl groups is 2. The van der Waals surface area contributed by atoms with E-state index >= 15 is 0 Å². The van der Waals surface area contributed by atoms with Crippen LogP contribution in [0.15, 0.2) is 84.1 Å². The van der Waals surface area contributed by atoms with E-state index in [9.17, 15) is 41.7 Å². The van der Waals surface area contributed by atoms with Gasteiger partial charge in [-0.25, -0.2) is 17.4 Å². The molecule has 4 aromatic carbocycles. The van der Waals surface area contributed by atoms with Gasteiger partial charge in [0.25, 0.3) is 0 Å². The number of ether oxygens (including phenoxy) is 2. The number of hydrogen-bond donors (Lipinski definition) is 5. The Morgan fingerprint density at radius 3 is 1.91 bits per heavy atom. The number of sulfone groups is 1. The Morgan fingerprint density at radius 1 is 0.732 bits per heavy atom. The number of aryl methyl sites for hydroxylation is 3. The first-order valence-corrected chi connectivity index (χ1v) is 18.9. The third kappa shape index (κ3) is 10.4. The molecule has 0 aliphatic rings. The molecule has 56 heavy (non-hydrogen) atoms. The van der Waals surface area contributed by atoms with Crippen LogP contribution < -0.4 is 14.8 Å². The lowest BCUT2D eigenvalue weighted by molar-refractivity contribution is -0.114. The fourth-order valence-electron chi connectivity index (χ4n) is 4.89. The Morgan fingerprint density at radius 2 is 1.30 bits per heavy atom. The zero-order chi connectivity index (χ0) is 41.5. The first-order chi connectivity index (χ1) is 26.2. The topological polar surface area (TPSA) is 297 Å². The molecular formula is C34H35N7O13S2. The lowest BCUT2D eigenvalue weighted by Gasteiger charge is -2.12. The van der Waals surface area contributed by atoms with Crippen LogP contribution in [0.4, 0.5) is 39.8 Å². The number of phenolic OH excluding ortho intramolecular Hbond substituents is 2. The highest BCUT2D eigenvalue weighted by Crippen LogP contribution is 2.47. The van der Waals surface area contributed by atoms with E-state index in [1.165, 1.54) is 52.3 Å². The Bertz CT molecular complexity index is 2520. The van der Waals surface area contributed by atoms with E-state index in [-0.39, 0.29) is 44.6 Å². The molecule has 0 bridgehead atoms. The van der Waals surface area contributed by atoms with Crippen molar-refractivity contribution in [1.82, 2.24) is 0 Å². The van der Waals surface area contributed by atoms with Gasteiger partial charge in [0.2, 0.25) is 5.91 Å². The number of nitrogens with zero attached hydrogens (tertiary/aromatic N) is 6. The minimum absolute atomic E-state index is 0.0272. The monoisotopic (exact) mass is 813 g/mol. The van der Waals surface area contributed by atoms with Gasteiger partial charge in [-0.3, -0.25) is 9.35 Å². The Labute approximate surface area is 320 Å². The molecule has 4 aromatic rings. The predicted molar refractivity (Wildman–Crippen MR) is 200 cm³/mol. The van der Waals surface area contributed by atoms with Gasteiger partial charge in [0.15, 0.2) is 21.3 Å². The van der Waals surface area contributed by atoms with Crippen molar-refractivity contribution in [3.05, 3.63) is 70.8 Å². The standard InChI is InChI=1S/C34H35N7O13S2/c1-17-11-25(28(52-5)13-18(17)2)39-40-31-22(34(45)46)15-27(43)32(33(31)44)41-36-21-7-8-23(24(14-21)35-20(4)42)37-38-26-12-19(3)30(16-29(26)53-6)55(47,48)10-9-54-56(49,50)51/h7-8,11-16,43-44H,9-10H2,1-6H3,(H,35,42)(H,45,46)(H,49,50,51). The van der Waals surface area contributed by atoms with Crippen molar-refractivity contribution in [3.8, 4) is 23.0 Å². The number of nitrogens with one attached hydrogen (secondary N) is 1. The van der Waals surface area contributed by atoms with E-state index < -0.39 is 72.9 Å². The third-order valence-electron chi connectivity index (χ3n) is 7.73. The largest absolute Gasteiger partial charge is 0.505 e. The SMILES string of the molecule is COc1cc(S(=O)(=O)CCOS(=O)(=O)O)c(C)cc1N=Nc1ccc(N=Nc2c(O)cc(C(=O)O)c(N=Nc3cc(C)c(C)cc3OC)c2O)cc1NC(C)=O. The number of benzene rings is 4. The highest BCUT2D eigenvalue weighted by atomic mass is 32.3. The average molecular weight is 814 g/mol. The van der Waals surface area contributed by atoms with Gasteiger partial charge < -0.3 is 30.1 Å². The number of rotatable bonds is 15. The summed E-state index contributed by atoms with van der Waals surface area (Å²) in [5.74, 6) is -4.08. The molecule has 0 atom stereocenters. The lowest BCUT2D eigenvalue weighted by atomic mass is 10.1. The van der Waals surface area contributed by atoms with Crippen LogP contribution in [0.2, 0.25) is 0 Å². The summed E-state index contributed by atoms with van der Waals surface area (Å²) in [6, 6.07) is 10.8. The lowest BCUT2D eigenvalue weighted by Crippen LogP contribution is -2.16. The number of carbonyl (C=O) groups is 2. The normalized spacial score (nSPS) is 12.1. The van der Waals surface area contributed by atoms with E-state index in [1.807, 2.05) is 13.8 Å². The highest BCUT2D eigenvalue weighted by molar-refractivity contribution is 7.91. The van der Waals surface area contributed by atoms with Crippen molar-refractivity contribution >= 4 is 71.9 Å². The number of hydrogen-bond acceptors (Lipinski definition) is 17. The second-order valence-electron chi connectivity index (χ2n) is 11.7. The van der Waals surface area contributed by atoms with Crippen LogP contribution >= 0.6 is 0 Å². The molecular weight excluding hydrogens is 779 g/mol. The first-order valence-electron chi connectivity index (χ1n) is 15.9. The number of carboxylic acids is 1. The van der Waals surface area contributed by atoms with Crippen LogP contribution in [0, 0.1) is 20.8 Å². The van der Waals surface area contributed by atoms with Crippen molar-refractivity contribution in [1.29, 1.82) is 0 Å². The molecule has 0 saturated carbocycles. The number of aromatic carboxylic acids is 1. The second-order valence-corrected chi connectivity index (χ2v) is 14.9. The molecule has 0 radical (unpaired) electrons. The molecule has 4 rings (SSSR count). The number of methoxy groups -OCH3 is 2. The molecule has 0 saturated heterocycles.